The third-order valence-corrected chi connectivity index (χ3v) is 4.77. The van der Waals surface area contributed by atoms with Crippen LogP contribution in [0.25, 0.3) is 22.2 Å². The van der Waals surface area contributed by atoms with Crippen molar-refractivity contribution in [3.63, 3.8) is 0 Å². The van der Waals surface area contributed by atoms with Gasteiger partial charge >= 0.3 is 5.97 Å². The summed E-state index contributed by atoms with van der Waals surface area (Å²) in [6, 6.07) is 11.8. The molecule has 0 aliphatic rings. The summed E-state index contributed by atoms with van der Waals surface area (Å²) in [6.07, 6.45) is -0.0801. The van der Waals surface area contributed by atoms with Crippen molar-refractivity contribution in [3.8, 4) is 22.8 Å². The molecule has 142 valence electrons. The molecule has 0 saturated heterocycles. The molecule has 27 heavy (non-hydrogen) atoms. The molecule has 3 aromatic rings. The summed E-state index contributed by atoms with van der Waals surface area (Å²) >= 11 is 0. The lowest BCUT2D eigenvalue weighted by Crippen LogP contribution is -2.10. The van der Waals surface area contributed by atoms with Crippen LogP contribution in [0.2, 0.25) is 0 Å². The van der Waals surface area contributed by atoms with Gasteiger partial charge in [0.2, 0.25) is 0 Å². The van der Waals surface area contributed by atoms with Crippen molar-refractivity contribution >= 4 is 16.9 Å². The molecule has 0 unspecified atom stereocenters. The number of aromatic nitrogens is 1. The first-order valence-corrected chi connectivity index (χ1v) is 8.84. The Balaban J connectivity index is 2.32. The number of H-pyrrole nitrogens is 1. The molecular formula is C22H25NO4. The number of nitrogens with one attached hydrogen (secondary N) is 1. The van der Waals surface area contributed by atoms with Crippen LogP contribution >= 0.6 is 0 Å². The van der Waals surface area contributed by atoms with Crippen LogP contribution in [-0.4, -0.2) is 30.3 Å². The summed E-state index contributed by atoms with van der Waals surface area (Å²) in [7, 11) is 3.17. The molecule has 0 bridgehead atoms. The third kappa shape index (κ3) is 3.50. The van der Waals surface area contributed by atoms with E-state index in [1.807, 2.05) is 24.3 Å². The van der Waals surface area contributed by atoms with Crippen molar-refractivity contribution in [1.29, 1.82) is 0 Å². The minimum absolute atomic E-state index is 0.0280. The van der Waals surface area contributed by atoms with E-state index in [1.165, 1.54) is 0 Å². The fraction of sp³-hybridized carbons (Fsp3) is 0.318. The zero-order valence-electron chi connectivity index (χ0n) is 16.3. The number of aliphatic carboxylic acids is 1. The number of hydrogen-bond donors (Lipinski definition) is 2. The predicted molar refractivity (Wildman–Crippen MR) is 107 cm³/mol. The highest BCUT2D eigenvalue weighted by Crippen LogP contribution is 2.41. The number of carboxylic acid groups (broad SMARTS) is 1. The molecule has 1 heterocycles. The van der Waals surface area contributed by atoms with Gasteiger partial charge in [-0.2, -0.15) is 0 Å². The van der Waals surface area contributed by atoms with Gasteiger partial charge in [0.1, 0.15) is 0 Å². The highest BCUT2D eigenvalue weighted by atomic mass is 16.5. The average molecular weight is 367 g/mol. The standard InChI is InChI=1S/C22H25NO4/c1-22(2,3)13-9-10-17-15(11-13)16(12-19(24)25)20(23-17)14-7-6-8-18(26-4)21(14)27-5/h6-11,23H,12H2,1-5H3,(H,24,25). The van der Waals surface area contributed by atoms with Crippen LogP contribution in [0.4, 0.5) is 0 Å². The lowest BCUT2D eigenvalue weighted by Gasteiger charge is -2.19. The second kappa shape index (κ2) is 6.99. The van der Waals surface area contributed by atoms with Gasteiger partial charge in [-0.15, -0.1) is 0 Å². The molecule has 5 nitrogen and oxygen atoms in total. The van der Waals surface area contributed by atoms with Gasteiger partial charge in [0.15, 0.2) is 11.5 Å². The number of carbonyl (C=O) groups is 1. The minimum Gasteiger partial charge on any atom is -0.493 e. The quantitative estimate of drug-likeness (QED) is 0.681. The van der Waals surface area contributed by atoms with Crippen molar-refractivity contribution in [1.82, 2.24) is 4.98 Å². The van der Waals surface area contributed by atoms with Gasteiger partial charge in [0, 0.05) is 16.5 Å². The van der Waals surface area contributed by atoms with E-state index in [0.29, 0.717) is 11.5 Å². The van der Waals surface area contributed by atoms with E-state index in [-0.39, 0.29) is 11.8 Å². The van der Waals surface area contributed by atoms with Crippen LogP contribution in [0, 0.1) is 0 Å². The van der Waals surface area contributed by atoms with E-state index < -0.39 is 5.97 Å². The molecule has 3 rings (SSSR count). The smallest absolute Gasteiger partial charge is 0.307 e. The van der Waals surface area contributed by atoms with Crippen LogP contribution in [0.1, 0.15) is 31.9 Å². The van der Waals surface area contributed by atoms with E-state index in [1.54, 1.807) is 14.2 Å². The second-order valence-electron chi connectivity index (χ2n) is 7.60. The molecule has 0 fully saturated rings. The number of aromatic amines is 1. The third-order valence-electron chi connectivity index (χ3n) is 4.77. The molecule has 2 aromatic carbocycles. The Morgan fingerprint density at radius 1 is 1.11 bits per heavy atom. The number of hydrogen-bond acceptors (Lipinski definition) is 3. The van der Waals surface area contributed by atoms with Crippen LogP contribution in [0.15, 0.2) is 36.4 Å². The monoisotopic (exact) mass is 367 g/mol. The first-order valence-electron chi connectivity index (χ1n) is 8.84. The van der Waals surface area contributed by atoms with Crippen molar-refractivity contribution in [2.24, 2.45) is 0 Å². The summed E-state index contributed by atoms with van der Waals surface area (Å²) in [4.78, 5) is 15.0. The van der Waals surface area contributed by atoms with Gasteiger partial charge in [-0.25, -0.2) is 0 Å². The molecule has 0 spiro atoms. The Hall–Kier alpha value is -2.95. The Morgan fingerprint density at radius 3 is 2.44 bits per heavy atom. The maximum Gasteiger partial charge on any atom is 0.307 e. The zero-order valence-corrected chi connectivity index (χ0v) is 16.3. The van der Waals surface area contributed by atoms with Crippen molar-refractivity contribution in [3.05, 3.63) is 47.5 Å². The SMILES string of the molecule is COc1cccc(-c2[nH]c3ccc(C(C)(C)C)cc3c2CC(=O)O)c1OC. The maximum absolute atomic E-state index is 11.6. The average Bonchev–Trinajstić information content (AvgIpc) is 2.97. The molecule has 1 aromatic heterocycles. The van der Waals surface area contributed by atoms with Crippen LogP contribution in [-0.2, 0) is 16.6 Å². The first-order chi connectivity index (χ1) is 12.8. The van der Waals surface area contributed by atoms with Crippen molar-refractivity contribution in [2.45, 2.75) is 32.6 Å². The van der Waals surface area contributed by atoms with Crippen LogP contribution in [0.5, 0.6) is 11.5 Å². The van der Waals surface area contributed by atoms with Gasteiger partial charge < -0.3 is 19.6 Å². The number of benzene rings is 2. The Morgan fingerprint density at radius 2 is 1.85 bits per heavy atom. The molecule has 0 radical (unpaired) electrons. The first kappa shape index (κ1) is 18.8. The molecule has 2 N–H and O–H groups in total. The van der Waals surface area contributed by atoms with Gasteiger partial charge in [-0.3, -0.25) is 4.79 Å². The largest absolute Gasteiger partial charge is 0.493 e. The predicted octanol–water partition coefficient (Wildman–Crippen LogP) is 4.78. The van der Waals surface area contributed by atoms with Crippen LogP contribution < -0.4 is 9.47 Å². The highest BCUT2D eigenvalue weighted by Gasteiger charge is 2.22. The lowest BCUT2D eigenvalue weighted by atomic mass is 9.86. The van der Waals surface area contributed by atoms with Gasteiger partial charge in [-0.1, -0.05) is 32.9 Å². The fourth-order valence-corrected chi connectivity index (χ4v) is 3.36. The molecular weight excluding hydrogens is 342 g/mol. The molecule has 0 atom stereocenters. The topological polar surface area (TPSA) is 71.6 Å². The number of carboxylic acids is 1. The van der Waals surface area contributed by atoms with Crippen LogP contribution in [0.3, 0.4) is 0 Å². The van der Waals surface area contributed by atoms with E-state index >= 15 is 0 Å². The van der Waals surface area contributed by atoms with Crippen molar-refractivity contribution < 1.29 is 19.4 Å². The number of methoxy groups -OCH3 is 2. The Kier molecular flexibility index (Phi) is 4.87. The number of fused-ring (bicyclic) bond motifs is 1. The number of ether oxygens (including phenoxy) is 2. The van der Waals surface area contributed by atoms with E-state index in [2.05, 4.69) is 37.9 Å². The summed E-state index contributed by atoms with van der Waals surface area (Å²) in [5.74, 6) is 0.305. The van der Waals surface area contributed by atoms with Gasteiger partial charge in [0.05, 0.1) is 26.3 Å². The number of rotatable bonds is 5. The van der Waals surface area contributed by atoms with E-state index in [9.17, 15) is 9.90 Å². The van der Waals surface area contributed by atoms with Gasteiger partial charge in [-0.05, 0) is 40.8 Å². The fourth-order valence-electron chi connectivity index (χ4n) is 3.36. The maximum atomic E-state index is 11.6. The summed E-state index contributed by atoms with van der Waals surface area (Å²) < 4.78 is 11.0. The molecule has 0 amide bonds. The van der Waals surface area contributed by atoms with E-state index in [0.717, 1.165) is 33.3 Å². The van der Waals surface area contributed by atoms with Gasteiger partial charge in [0.25, 0.3) is 0 Å². The normalized spacial score (nSPS) is 11.6. The highest BCUT2D eigenvalue weighted by molar-refractivity contribution is 5.95. The molecule has 5 heteroatoms. The molecule has 0 saturated carbocycles. The molecule has 0 aliphatic carbocycles. The summed E-state index contributed by atoms with van der Waals surface area (Å²) in [5.41, 5.74) is 4.30. The van der Waals surface area contributed by atoms with Crippen molar-refractivity contribution in [2.75, 3.05) is 14.2 Å². The Bertz CT molecular complexity index is 995. The van der Waals surface area contributed by atoms with E-state index in [4.69, 9.17) is 9.47 Å². The lowest BCUT2D eigenvalue weighted by molar-refractivity contribution is -0.136. The minimum atomic E-state index is -0.875. The molecule has 0 aliphatic heterocycles. The summed E-state index contributed by atoms with van der Waals surface area (Å²) in [6.45, 7) is 6.43. The number of para-hydroxylation sites is 1. The Labute approximate surface area is 158 Å². The summed E-state index contributed by atoms with van der Waals surface area (Å²) in [5, 5.41) is 10.4. The zero-order chi connectivity index (χ0) is 19.8. The second-order valence-corrected chi connectivity index (χ2v) is 7.60.